The summed E-state index contributed by atoms with van der Waals surface area (Å²) in [6.45, 7) is 15.2. The summed E-state index contributed by atoms with van der Waals surface area (Å²) in [5.74, 6) is 6.17. The van der Waals surface area contributed by atoms with Crippen LogP contribution in [0.4, 0.5) is 0 Å². The van der Waals surface area contributed by atoms with E-state index in [2.05, 4.69) is 40.3 Å². The third kappa shape index (κ3) is 2.55. The van der Waals surface area contributed by atoms with Crippen LogP contribution in [0, 0.1) is 46.3 Å². The molecule has 0 N–H and O–H groups in total. The SMILES string of the molecule is C=CCB(C[C@@H]1CC[C@H]2C[C@@H]1C2(C)C)C[C@@H]1CC[C@H]2C[C@@H]1C2(C)C. The van der Waals surface area contributed by atoms with Gasteiger partial charge in [-0.3, -0.25) is 0 Å². The first-order valence-corrected chi connectivity index (χ1v) is 10.9. The maximum Gasteiger partial charge on any atom is 0.144 e. The maximum absolute atomic E-state index is 4.10. The lowest BCUT2D eigenvalue weighted by Crippen LogP contribution is -2.54. The van der Waals surface area contributed by atoms with Crippen molar-refractivity contribution in [3.8, 4) is 0 Å². The van der Waals surface area contributed by atoms with E-state index in [4.69, 9.17) is 0 Å². The van der Waals surface area contributed by atoms with Gasteiger partial charge in [0.1, 0.15) is 6.71 Å². The zero-order chi connectivity index (χ0) is 17.1. The van der Waals surface area contributed by atoms with Crippen molar-refractivity contribution in [3.63, 3.8) is 0 Å². The predicted octanol–water partition coefficient (Wildman–Crippen LogP) is 6.81. The molecule has 0 aromatic rings. The Bertz CT molecular complexity index is 446. The summed E-state index contributed by atoms with van der Waals surface area (Å²) in [6, 6.07) is 0. The molecule has 0 nitrogen and oxygen atoms in total. The van der Waals surface area contributed by atoms with Crippen LogP contribution in [0.5, 0.6) is 0 Å². The van der Waals surface area contributed by atoms with Gasteiger partial charge >= 0.3 is 0 Å². The van der Waals surface area contributed by atoms with Crippen molar-refractivity contribution < 1.29 is 0 Å². The van der Waals surface area contributed by atoms with Crippen molar-refractivity contribution in [2.45, 2.75) is 85.2 Å². The van der Waals surface area contributed by atoms with E-state index in [0.29, 0.717) is 10.8 Å². The van der Waals surface area contributed by atoms with E-state index in [1.54, 1.807) is 12.8 Å². The van der Waals surface area contributed by atoms with E-state index >= 15 is 0 Å². The Morgan fingerprint density at radius 3 is 1.62 bits per heavy atom. The first kappa shape index (κ1) is 17.2. The number of hydrogen-bond acceptors (Lipinski definition) is 0. The normalized spacial score (nSPS) is 44.2. The highest BCUT2D eigenvalue weighted by Gasteiger charge is 2.56. The lowest BCUT2D eigenvalue weighted by Gasteiger charge is -2.61. The summed E-state index contributed by atoms with van der Waals surface area (Å²) in [5.41, 5.74) is 1.30. The van der Waals surface area contributed by atoms with Gasteiger partial charge in [0.05, 0.1) is 0 Å². The van der Waals surface area contributed by atoms with Crippen molar-refractivity contribution in [2.24, 2.45) is 46.3 Å². The number of rotatable bonds is 6. The van der Waals surface area contributed by atoms with E-state index < -0.39 is 0 Å². The molecule has 0 radical (unpaired) electrons. The Morgan fingerprint density at radius 2 is 1.29 bits per heavy atom. The molecule has 0 saturated heterocycles. The molecular formula is C23H39B. The lowest BCUT2D eigenvalue weighted by molar-refractivity contribution is -0.101. The molecule has 0 aromatic heterocycles. The maximum atomic E-state index is 4.10. The fraction of sp³-hybridized carbons (Fsp3) is 0.913. The topological polar surface area (TPSA) is 0 Å². The molecule has 0 aromatic carbocycles. The van der Waals surface area contributed by atoms with Crippen LogP contribution in [-0.4, -0.2) is 6.71 Å². The number of fused-ring (bicyclic) bond motifs is 4. The first-order valence-electron chi connectivity index (χ1n) is 10.9. The molecule has 6 atom stereocenters. The summed E-state index contributed by atoms with van der Waals surface area (Å²) in [7, 11) is 0. The standard InChI is InChI=1S/C23H39B/c1-6-11-24(14-16-7-9-18-12-20(16)22(18,2)3)15-17-8-10-19-13-21(17)23(19,4)5/h6,16-21H,1,7-15H2,2-5H3/t16-,17-,18-,19-,20-,21-/m0/s1. The highest BCUT2D eigenvalue weighted by molar-refractivity contribution is 6.59. The monoisotopic (exact) mass is 326 g/mol. The molecule has 0 heterocycles. The van der Waals surface area contributed by atoms with Crippen LogP contribution in [0.1, 0.15) is 66.2 Å². The Labute approximate surface area is 151 Å². The van der Waals surface area contributed by atoms with Gasteiger partial charge in [-0.05, 0) is 72.0 Å². The van der Waals surface area contributed by atoms with Gasteiger partial charge in [-0.1, -0.05) is 65.6 Å². The summed E-state index contributed by atoms with van der Waals surface area (Å²) >= 11 is 0. The molecule has 0 aliphatic heterocycles. The van der Waals surface area contributed by atoms with Crippen LogP contribution in [0.3, 0.4) is 0 Å². The average molecular weight is 326 g/mol. The smallest absolute Gasteiger partial charge is 0.104 e. The van der Waals surface area contributed by atoms with Crippen LogP contribution < -0.4 is 0 Å². The fourth-order valence-electron chi connectivity index (χ4n) is 7.87. The largest absolute Gasteiger partial charge is 0.144 e. The van der Waals surface area contributed by atoms with Gasteiger partial charge in [0.2, 0.25) is 0 Å². The summed E-state index contributed by atoms with van der Waals surface area (Å²) in [5, 5.41) is 0. The molecule has 6 rings (SSSR count). The Hall–Kier alpha value is -0.195. The molecule has 4 bridgehead atoms. The highest BCUT2D eigenvalue weighted by Crippen LogP contribution is 2.64. The van der Waals surface area contributed by atoms with Gasteiger partial charge in [0.25, 0.3) is 0 Å². The summed E-state index contributed by atoms with van der Waals surface area (Å²) < 4.78 is 0. The Kier molecular flexibility index (Phi) is 4.25. The molecule has 24 heavy (non-hydrogen) atoms. The van der Waals surface area contributed by atoms with Crippen molar-refractivity contribution in [3.05, 3.63) is 12.7 Å². The number of hydrogen-bond donors (Lipinski definition) is 0. The third-order valence-corrected chi connectivity index (χ3v) is 9.77. The fourth-order valence-corrected chi connectivity index (χ4v) is 7.87. The molecule has 0 spiro atoms. The van der Waals surface area contributed by atoms with Crippen molar-refractivity contribution in [1.82, 2.24) is 0 Å². The minimum absolute atomic E-state index is 0.648. The molecular weight excluding hydrogens is 287 g/mol. The molecule has 1 heteroatoms. The average Bonchev–Trinajstić information content (AvgIpc) is 2.55. The predicted molar refractivity (Wildman–Crippen MR) is 107 cm³/mol. The van der Waals surface area contributed by atoms with E-state index in [-0.39, 0.29) is 0 Å². The van der Waals surface area contributed by atoms with Gasteiger partial charge in [0, 0.05) is 0 Å². The Morgan fingerprint density at radius 1 is 0.833 bits per heavy atom. The van der Waals surface area contributed by atoms with Gasteiger partial charge in [0.15, 0.2) is 0 Å². The molecule has 6 fully saturated rings. The molecule has 0 unspecified atom stereocenters. The van der Waals surface area contributed by atoms with Crippen molar-refractivity contribution in [1.29, 1.82) is 0 Å². The zero-order valence-corrected chi connectivity index (χ0v) is 16.7. The quantitative estimate of drug-likeness (QED) is 0.371. The molecule has 0 amide bonds. The number of allylic oxidation sites excluding steroid dienone is 1. The van der Waals surface area contributed by atoms with Gasteiger partial charge in [-0.25, -0.2) is 0 Å². The summed E-state index contributed by atoms with van der Waals surface area (Å²) in [6.07, 6.45) is 15.6. The van der Waals surface area contributed by atoms with Crippen LogP contribution >= 0.6 is 0 Å². The van der Waals surface area contributed by atoms with E-state index in [1.165, 1.54) is 44.6 Å². The minimum atomic E-state index is 0.648. The van der Waals surface area contributed by atoms with Gasteiger partial charge in [-0.15, -0.1) is 6.58 Å². The van der Waals surface area contributed by atoms with Crippen molar-refractivity contribution in [2.75, 3.05) is 0 Å². The van der Waals surface area contributed by atoms with Gasteiger partial charge < -0.3 is 0 Å². The summed E-state index contributed by atoms with van der Waals surface area (Å²) in [4.78, 5) is 0. The third-order valence-electron chi connectivity index (χ3n) is 9.77. The lowest BCUT2D eigenvalue weighted by atomic mass is 9.32. The Balaban J connectivity index is 1.39. The second-order valence-corrected chi connectivity index (χ2v) is 11.3. The second-order valence-electron chi connectivity index (χ2n) is 11.3. The zero-order valence-electron chi connectivity index (χ0n) is 16.7. The van der Waals surface area contributed by atoms with E-state index in [1.807, 2.05) is 0 Å². The second kappa shape index (κ2) is 5.92. The van der Waals surface area contributed by atoms with E-state index in [0.717, 1.165) is 42.2 Å². The van der Waals surface area contributed by atoms with Crippen LogP contribution in [0.15, 0.2) is 12.7 Å². The van der Waals surface area contributed by atoms with Gasteiger partial charge in [-0.2, -0.15) is 0 Å². The first-order chi connectivity index (χ1) is 11.3. The molecule has 6 saturated carbocycles. The molecule has 6 aliphatic rings. The molecule has 134 valence electrons. The van der Waals surface area contributed by atoms with Crippen LogP contribution in [0.2, 0.25) is 19.0 Å². The van der Waals surface area contributed by atoms with E-state index in [9.17, 15) is 0 Å². The van der Waals surface area contributed by atoms with Crippen LogP contribution in [-0.2, 0) is 0 Å². The van der Waals surface area contributed by atoms with Crippen molar-refractivity contribution >= 4 is 6.71 Å². The highest BCUT2D eigenvalue weighted by atomic mass is 14.6. The minimum Gasteiger partial charge on any atom is -0.104 e. The molecule has 6 aliphatic carbocycles. The van der Waals surface area contributed by atoms with Crippen LogP contribution in [0.25, 0.3) is 0 Å².